The third-order valence-corrected chi connectivity index (χ3v) is 2.34. The van der Waals surface area contributed by atoms with Crippen molar-refractivity contribution in [1.29, 1.82) is 0 Å². The molecule has 0 heterocycles. The Balaban J connectivity index is 2.42. The number of hydrogen-bond donors (Lipinski definition) is 2. The van der Waals surface area contributed by atoms with E-state index in [2.05, 4.69) is 5.32 Å². The second-order valence-electron chi connectivity index (χ2n) is 5.00. The molecule has 3 nitrogen and oxygen atoms in total. The molecule has 0 saturated heterocycles. The zero-order chi connectivity index (χ0) is 13.8. The summed E-state index contributed by atoms with van der Waals surface area (Å²) < 4.78 is 26.2. The average Bonchev–Trinajstić information content (AvgIpc) is 2.20. The highest BCUT2D eigenvalue weighted by Crippen LogP contribution is 2.10. The predicted octanol–water partition coefficient (Wildman–Crippen LogP) is 1.75. The monoisotopic (exact) mass is 256 g/mol. The van der Waals surface area contributed by atoms with Gasteiger partial charge in [0, 0.05) is 18.5 Å². The van der Waals surface area contributed by atoms with Gasteiger partial charge in [-0.2, -0.15) is 0 Å². The smallest absolute Gasteiger partial charge is 0.221 e. The van der Waals surface area contributed by atoms with E-state index in [1.54, 1.807) is 13.8 Å². The first kappa shape index (κ1) is 14.6. The van der Waals surface area contributed by atoms with Crippen LogP contribution in [0.15, 0.2) is 18.2 Å². The second-order valence-corrected chi connectivity index (χ2v) is 5.00. The molecule has 18 heavy (non-hydrogen) atoms. The Kier molecular flexibility index (Phi) is 4.78. The molecule has 0 unspecified atom stereocenters. The van der Waals surface area contributed by atoms with Crippen molar-refractivity contribution in [2.45, 2.75) is 32.2 Å². The lowest BCUT2D eigenvalue weighted by molar-refractivity contribution is -0.121. The standard InChI is InChI=1S/C13H18F2N2O/c1-13(2,16)8-12(18)17-6-5-9-7-10(14)3-4-11(9)15/h3-4,7H,5-6,8,16H2,1-2H3,(H,17,18). The number of rotatable bonds is 5. The molecule has 0 aliphatic rings. The molecule has 0 aliphatic carbocycles. The van der Waals surface area contributed by atoms with E-state index in [4.69, 9.17) is 5.73 Å². The summed E-state index contributed by atoms with van der Waals surface area (Å²) >= 11 is 0. The zero-order valence-corrected chi connectivity index (χ0v) is 10.6. The first-order valence-corrected chi connectivity index (χ1v) is 5.77. The number of carbonyl (C=O) groups is 1. The molecule has 1 amide bonds. The summed E-state index contributed by atoms with van der Waals surface area (Å²) in [7, 11) is 0. The molecule has 1 rings (SSSR count). The lowest BCUT2D eigenvalue weighted by Crippen LogP contribution is -2.39. The van der Waals surface area contributed by atoms with Gasteiger partial charge in [0.1, 0.15) is 11.6 Å². The molecular formula is C13H18F2N2O. The van der Waals surface area contributed by atoms with E-state index in [0.717, 1.165) is 18.2 Å². The highest BCUT2D eigenvalue weighted by Gasteiger charge is 2.15. The molecule has 0 atom stereocenters. The largest absolute Gasteiger partial charge is 0.356 e. The van der Waals surface area contributed by atoms with E-state index in [1.807, 2.05) is 0 Å². The van der Waals surface area contributed by atoms with Gasteiger partial charge in [0.05, 0.1) is 0 Å². The Morgan fingerprint density at radius 3 is 2.67 bits per heavy atom. The van der Waals surface area contributed by atoms with Crippen LogP contribution in [0, 0.1) is 11.6 Å². The minimum Gasteiger partial charge on any atom is -0.356 e. The zero-order valence-electron chi connectivity index (χ0n) is 10.6. The normalized spacial score (nSPS) is 11.4. The van der Waals surface area contributed by atoms with Gasteiger partial charge in [0.25, 0.3) is 0 Å². The Morgan fingerprint density at radius 2 is 2.06 bits per heavy atom. The maximum atomic E-state index is 13.3. The summed E-state index contributed by atoms with van der Waals surface area (Å²) in [5.74, 6) is -1.15. The molecule has 0 aliphatic heterocycles. The third-order valence-electron chi connectivity index (χ3n) is 2.34. The van der Waals surface area contributed by atoms with Gasteiger partial charge >= 0.3 is 0 Å². The van der Waals surface area contributed by atoms with Crippen LogP contribution >= 0.6 is 0 Å². The summed E-state index contributed by atoms with van der Waals surface area (Å²) in [6.07, 6.45) is 0.443. The van der Waals surface area contributed by atoms with Gasteiger partial charge in [-0.05, 0) is 44.0 Å². The van der Waals surface area contributed by atoms with Crippen molar-refractivity contribution in [3.8, 4) is 0 Å². The minimum absolute atomic E-state index is 0.193. The highest BCUT2D eigenvalue weighted by atomic mass is 19.1. The molecule has 5 heteroatoms. The van der Waals surface area contributed by atoms with Crippen LogP contribution in [0.25, 0.3) is 0 Å². The van der Waals surface area contributed by atoms with E-state index in [9.17, 15) is 13.6 Å². The lowest BCUT2D eigenvalue weighted by Gasteiger charge is -2.17. The van der Waals surface area contributed by atoms with E-state index >= 15 is 0 Å². The SMILES string of the molecule is CC(C)(N)CC(=O)NCCc1cc(F)ccc1F. The van der Waals surface area contributed by atoms with Gasteiger partial charge in [0.2, 0.25) is 5.91 Å². The molecule has 1 aromatic rings. The fourth-order valence-electron chi connectivity index (χ4n) is 1.55. The molecule has 0 saturated carbocycles. The van der Waals surface area contributed by atoms with Gasteiger partial charge in [-0.25, -0.2) is 8.78 Å². The van der Waals surface area contributed by atoms with Crippen LogP contribution < -0.4 is 11.1 Å². The summed E-state index contributed by atoms with van der Waals surface area (Å²) in [5, 5.41) is 2.63. The van der Waals surface area contributed by atoms with Crippen LogP contribution in [-0.2, 0) is 11.2 Å². The average molecular weight is 256 g/mol. The number of nitrogens with two attached hydrogens (primary N) is 1. The summed E-state index contributed by atoms with van der Waals surface area (Å²) in [4.78, 5) is 11.4. The number of nitrogens with one attached hydrogen (secondary N) is 1. The van der Waals surface area contributed by atoms with Gasteiger partial charge in [-0.15, -0.1) is 0 Å². The molecular weight excluding hydrogens is 238 g/mol. The van der Waals surface area contributed by atoms with Crippen LogP contribution in [0.2, 0.25) is 0 Å². The number of amides is 1. The van der Waals surface area contributed by atoms with Gasteiger partial charge in [0.15, 0.2) is 0 Å². The van der Waals surface area contributed by atoms with Crippen LogP contribution in [0.1, 0.15) is 25.8 Å². The first-order chi connectivity index (χ1) is 8.28. The van der Waals surface area contributed by atoms with Crippen LogP contribution in [0.4, 0.5) is 8.78 Å². The summed E-state index contributed by atoms with van der Waals surface area (Å²) in [5.41, 5.74) is 5.37. The van der Waals surface area contributed by atoms with E-state index in [0.29, 0.717) is 0 Å². The number of halogens is 2. The molecule has 3 N–H and O–H groups in total. The Morgan fingerprint density at radius 1 is 1.39 bits per heavy atom. The molecule has 100 valence electrons. The molecule has 0 radical (unpaired) electrons. The molecule has 1 aromatic carbocycles. The molecule has 0 bridgehead atoms. The Hall–Kier alpha value is -1.49. The number of carbonyl (C=O) groups excluding carboxylic acids is 1. The molecule has 0 aromatic heterocycles. The minimum atomic E-state index is -0.575. The Bertz CT molecular complexity index is 427. The van der Waals surface area contributed by atoms with Crippen molar-refractivity contribution < 1.29 is 13.6 Å². The van der Waals surface area contributed by atoms with Gasteiger partial charge < -0.3 is 11.1 Å². The van der Waals surface area contributed by atoms with Crippen molar-refractivity contribution in [1.82, 2.24) is 5.32 Å². The van der Waals surface area contributed by atoms with Crippen molar-refractivity contribution in [3.05, 3.63) is 35.4 Å². The van der Waals surface area contributed by atoms with Crippen molar-refractivity contribution in [3.63, 3.8) is 0 Å². The van der Waals surface area contributed by atoms with Gasteiger partial charge in [-0.1, -0.05) is 0 Å². The fourth-order valence-corrected chi connectivity index (χ4v) is 1.55. The fraction of sp³-hybridized carbons (Fsp3) is 0.462. The quantitative estimate of drug-likeness (QED) is 0.843. The topological polar surface area (TPSA) is 55.1 Å². The van der Waals surface area contributed by atoms with Crippen molar-refractivity contribution >= 4 is 5.91 Å². The van der Waals surface area contributed by atoms with Crippen molar-refractivity contribution in [2.75, 3.05) is 6.54 Å². The summed E-state index contributed by atoms with van der Waals surface area (Å²) in [6, 6.07) is 3.28. The first-order valence-electron chi connectivity index (χ1n) is 5.77. The maximum Gasteiger partial charge on any atom is 0.221 e. The molecule has 0 spiro atoms. The number of hydrogen-bond acceptors (Lipinski definition) is 2. The number of benzene rings is 1. The molecule has 0 fully saturated rings. The summed E-state index contributed by atoms with van der Waals surface area (Å²) in [6.45, 7) is 3.76. The van der Waals surface area contributed by atoms with Crippen molar-refractivity contribution in [2.24, 2.45) is 5.73 Å². The second kappa shape index (κ2) is 5.91. The Labute approximate surface area is 105 Å². The third kappa shape index (κ3) is 5.23. The van der Waals surface area contributed by atoms with Crippen LogP contribution in [0.3, 0.4) is 0 Å². The highest BCUT2D eigenvalue weighted by molar-refractivity contribution is 5.77. The predicted molar refractivity (Wildman–Crippen MR) is 66.0 cm³/mol. The maximum absolute atomic E-state index is 13.3. The van der Waals surface area contributed by atoms with Gasteiger partial charge in [-0.3, -0.25) is 4.79 Å². The van der Waals surface area contributed by atoms with Crippen LogP contribution in [-0.4, -0.2) is 18.0 Å². The lowest BCUT2D eigenvalue weighted by atomic mass is 10.0. The van der Waals surface area contributed by atoms with E-state index in [1.165, 1.54) is 0 Å². The van der Waals surface area contributed by atoms with E-state index in [-0.39, 0.29) is 30.9 Å². The van der Waals surface area contributed by atoms with Crippen LogP contribution in [0.5, 0.6) is 0 Å². The van der Waals surface area contributed by atoms with E-state index < -0.39 is 17.2 Å².